The van der Waals surface area contributed by atoms with Gasteiger partial charge in [-0.3, -0.25) is 9.55 Å². The van der Waals surface area contributed by atoms with E-state index < -0.39 is 0 Å². The van der Waals surface area contributed by atoms with Gasteiger partial charge in [-0.25, -0.2) is 4.79 Å². The van der Waals surface area contributed by atoms with Gasteiger partial charge >= 0.3 is 5.69 Å². The second kappa shape index (κ2) is 5.02. The number of fused-ring (bicyclic) bond motifs is 1. The highest BCUT2D eigenvalue weighted by Crippen LogP contribution is 2.23. The second-order valence-electron chi connectivity index (χ2n) is 5.50. The Morgan fingerprint density at radius 3 is 2.65 bits per heavy atom. The van der Waals surface area contributed by atoms with E-state index in [-0.39, 0.29) is 5.69 Å². The molecule has 0 atom stereocenters. The maximum atomic E-state index is 12.3. The number of aryl methyl sites for hydroxylation is 2. The highest BCUT2D eigenvalue weighted by atomic mass is 32.1. The molecule has 1 heterocycles. The number of rotatable bonds is 1. The summed E-state index contributed by atoms with van der Waals surface area (Å²) in [7, 11) is 0. The number of aromatic amines is 1. The van der Waals surface area contributed by atoms with Gasteiger partial charge in [0.05, 0.1) is 5.69 Å². The Morgan fingerprint density at radius 1 is 1.15 bits per heavy atom. The Morgan fingerprint density at radius 2 is 1.90 bits per heavy atom. The number of aromatic nitrogens is 2. The molecule has 1 aliphatic carbocycles. The summed E-state index contributed by atoms with van der Waals surface area (Å²) < 4.78 is 2.42. The fraction of sp³-hybridized carbons (Fsp3) is 0.375. The molecule has 0 aliphatic heterocycles. The first kappa shape index (κ1) is 13.3. The predicted octanol–water partition coefficient (Wildman–Crippen LogP) is 3.39. The zero-order valence-electron chi connectivity index (χ0n) is 11.8. The molecule has 1 aromatic carbocycles. The zero-order chi connectivity index (χ0) is 14.3. The second-order valence-corrected chi connectivity index (χ2v) is 5.90. The molecular weight excluding hydrogens is 268 g/mol. The number of hydrogen-bond donors (Lipinski definition) is 1. The summed E-state index contributed by atoms with van der Waals surface area (Å²) in [6.07, 6.45) is 4.16. The summed E-state index contributed by atoms with van der Waals surface area (Å²) in [5.41, 5.74) is 5.47. The van der Waals surface area contributed by atoms with Crippen molar-refractivity contribution in [1.82, 2.24) is 9.55 Å². The Kier molecular flexibility index (Phi) is 3.34. The molecule has 0 bridgehead atoms. The van der Waals surface area contributed by atoms with Gasteiger partial charge in [-0.15, -0.1) is 0 Å². The van der Waals surface area contributed by atoms with E-state index in [9.17, 15) is 4.79 Å². The maximum absolute atomic E-state index is 12.3. The molecule has 0 radical (unpaired) electrons. The van der Waals surface area contributed by atoms with E-state index in [2.05, 4.69) is 31.0 Å². The third-order valence-corrected chi connectivity index (χ3v) is 4.50. The predicted molar refractivity (Wildman–Crippen MR) is 83.3 cm³/mol. The Bertz CT molecular complexity index is 786. The minimum absolute atomic E-state index is 0.126. The van der Waals surface area contributed by atoms with Crippen LogP contribution < -0.4 is 5.69 Å². The Balaban J connectivity index is 2.30. The summed E-state index contributed by atoms with van der Waals surface area (Å²) in [5, 5.41) is 0. The summed E-state index contributed by atoms with van der Waals surface area (Å²) >= 11 is 5.31. The number of H-pyrrole nitrogens is 1. The van der Waals surface area contributed by atoms with Crippen LogP contribution in [-0.2, 0) is 12.8 Å². The fourth-order valence-electron chi connectivity index (χ4n) is 2.87. The van der Waals surface area contributed by atoms with Crippen LogP contribution in [0.1, 0.15) is 35.2 Å². The van der Waals surface area contributed by atoms with Gasteiger partial charge in [-0.05, 0) is 62.8 Å². The van der Waals surface area contributed by atoms with Crippen LogP contribution >= 0.6 is 12.2 Å². The lowest BCUT2D eigenvalue weighted by Crippen LogP contribution is -2.28. The number of hydrogen-bond acceptors (Lipinski definition) is 2. The molecule has 0 amide bonds. The van der Waals surface area contributed by atoms with Crippen molar-refractivity contribution in [3.05, 3.63) is 55.7 Å². The first-order valence-electron chi connectivity index (χ1n) is 7.02. The van der Waals surface area contributed by atoms with Gasteiger partial charge in [0.25, 0.3) is 0 Å². The van der Waals surface area contributed by atoms with Crippen LogP contribution in [-0.4, -0.2) is 9.55 Å². The average molecular weight is 286 g/mol. The average Bonchev–Trinajstić information content (AvgIpc) is 2.43. The van der Waals surface area contributed by atoms with Crippen LogP contribution in [0.15, 0.2) is 23.0 Å². The lowest BCUT2D eigenvalue weighted by molar-refractivity contribution is 0.631. The standard InChI is InChI=1S/C16H18N2OS/c1-10-7-8-12(9-11(10)2)18-14-6-4-3-5-13(14)15(20)17-16(18)19/h7-9H,3-6H2,1-2H3,(H,17,19,20). The normalized spacial score (nSPS) is 14.1. The number of nitrogens with zero attached hydrogens (tertiary/aromatic N) is 1. The molecule has 1 aromatic heterocycles. The van der Waals surface area contributed by atoms with Crippen molar-refractivity contribution in [3.63, 3.8) is 0 Å². The number of benzene rings is 1. The van der Waals surface area contributed by atoms with Crippen LogP contribution in [0.25, 0.3) is 5.69 Å². The Hall–Kier alpha value is -1.68. The molecule has 3 rings (SSSR count). The van der Waals surface area contributed by atoms with Crippen LogP contribution in [0.2, 0.25) is 0 Å². The topological polar surface area (TPSA) is 37.8 Å². The smallest absolute Gasteiger partial charge is 0.298 e. The van der Waals surface area contributed by atoms with Crippen LogP contribution in [0.4, 0.5) is 0 Å². The molecule has 20 heavy (non-hydrogen) atoms. The van der Waals surface area contributed by atoms with E-state index in [1.54, 1.807) is 4.57 Å². The van der Waals surface area contributed by atoms with Gasteiger partial charge in [0.1, 0.15) is 4.64 Å². The van der Waals surface area contributed by atoms with Crippen molar-refractivity contribution >= 4 is 12.2 Å². The molecule has 0 saturated heterocycles. The fourth-order valence-corrected chi connectivity index (χ4v) is 3.18. The van der Waals surface area contributed by atoms with Crippen LogP contribution in [0.5, 0.6) is 0 Å². The lowest BCUT2D eigenvalue weighted by atomic mass is 9.96. The third kappa shape index (κ3) is 2.14. The quantitative estimate of drug-likeness (QED) is 0.816. The summed E-state index contributed by atoms with van der Waals surface area (Å²) in [6.45, 7) is 4.15. The monoisotopic (exact) mass is 286 g/mol. The third-order valence-electron chi connectivity index (χ3n) is 4.15. The first-order valence-corrected chi connectivity index (χ1v) is 7.43. The van der Waals surface area contributed by atoms with Crippen LogP contribution in [0.3, 0.4) is 0 Å². The lowest BCUT2D eigenvalue weighted by Gasteiger charge is -2.21. The summed E-state index contributed by atoms with van der Waals surface area (Å²) in [5.74, 6) is 0. The SMILES string of the molecule is Cc1ccc(-n2c3c(c(=S)[nH]c2=O)CCCC3)cc1C. The molecule has 104 valence electrons. The molecule has 3 nitrogen and oxygen atoms in total. The Labute approximate surface area is 123 Å². The zero-order valence-corrected chi connectivity index (χ0v) is 12.6. The van der Waals surface area contributed by atoms with Gasteiger partial charge in [0.2, 0.25) is 0 Å². The van der Waals surface area contributed by atoms with E-state index >= 15 is 0 Å². The van der Waals surface area contributed by atoms with Gasteiger partial charge < -0.3 is 0 Å². The minimum atomic E-state index is -0.126. The molecule has 0 saturated carbocycles. The molecule has 1 aliphatic rings. The van der Waals surface area contributed by atoms with Crippen molar-refractivity contribution in [2.24, 2.45) is 0 Å². The van der Waals surface area contributed by atoms with E-state index in [1.807, 2.05) is 6.07 Å². The highest BCUT2D eigenvalue weighted by molar-refractivity contribution is 7.71. The molecule has 4 heteroatoms. The first-order chi connectivity index (χ1) is 9.58. The van der Waals surface area contributed by atoms with E-state index in [4.69, 9.17) is 12.2 Å². The molecule has 0 unspecified atom stereocenters. The van der Waals surface area contributed by atoms with Crippen molar-refractivity contribution in [2.45, 2.75) is 39.5 Å². The minimum Gasteiger partial charge on any atom is -0.298 e. The molecular formula is C16H18N2OS. The van der Waals surface area contributed by atoms with Gasteiger partial charge in [-0.2, -0.15) is 0 Å². The summed E-state index contributed by atoms with van der Waals surface area (Å²) in [4.78, 5) is 15.2. The largest absolute Gasteiger partial charge is 0.331 e. The van der Waals surface area contributed by atoms with Gasteiger partial charge in [0.15, 0.2) is 0 Å². The summed E-state index contributed by atoms with van der Waals surface area (Å²) in [6, 6.07) is 6.14. The van der Waals surface area contributed by atoms with E-state index in [0.29, 0.717) is 4.64 Å². The van der Waals surface area contributed by atoms with Gasteiger partial charge in [-0.1, -0.05) is 18.3 Å². The number of nitrogens with one attached hydrogen (secondary N) is 1. The van der Waals surface area contributed by atoms with Crippen LogP contribution in [0, 0.1) is 18.5 Å². The van der Waals surface area contributed by atoms with Crippen molar-refractivity contribution < 1.29 is 0 Å². The maximum Gasteiger partial charge on any atom is 0.331 e. The highest BCUT2D eigenvalue weighted by Gasteiger charge is 2.17. The van der Waals surface area contributed by atoms with Crippen molar-refractivity contribution in [3.8, 4) is 5.69 Å². The van der Waals surface area contributed by atoms with Crippen molar-refractivity contribution in [2.75, 3.05) is 0 Å². The molecule has 0 spiro atoms. The van der Waals surface area contributed by atoms with E-state index in [1.165, 1.54) is 11.1 Å². The molecule has 0 fully saturated rings. The van der Waals surface area contributed by atoms with E-state index in [0.717, 1.165) is 42.6 Å². The molecule has 2 aromatic rings. The van der Waals surface area contributed by atoms with Crippen molar-refractivity contribution in [1.29, 1.82) is 0 Å². The molecule has 1 N–H and O–H groups in total. The van der Waals surface area contributed by atoms with Gasteiger partial charge in [0, 0.05) is 11.3 Å².